The number of benzene rings is 1. The molecule has 3 fully saturated rings. The third kappa shape index (κ3) is 5.42. The topological polar surface area (TPSA) is 95.6 Å². The lowest BCUT2D eigenvalue weighted by Gasteiger charge is -2.28. The highest BCUT2D eigenvalue weighted by molar-refractivity contribution is 6.29. The Hall–Kier alpha value is -3.14. The number of aliphatic hydroxyl groups is 1. The fourth-order valence-electron chi connectivity index (χ4n) is 6.41. The number of nitrogens with one attached hydrogen (secondary N) is 1. The number of imidazole rings is 1. The smallest absolute Gasteiger partial charge is 0.329 e. The first-order valence-corrected chi connectivity index (χ1v) is 14.9. The average Bonchev–Trinajstić information content (AvgIpc) is 3.54. The van der Waals surface area contributed by atoms with Crippen LogP contribution in [0.25, 0.3) is 11.3 Å². The molecule has 4 heterocycles. The molecule has 6 rings (SSSR count). The van der Waals surface area contributed by atoms with E-state index >= 15 is 0 Å². The summed E-state index contributed by atoms with van der Waals surface area (Å²) in [7, 11) is 0. The Balaban J connectivity index is 1.50. The molecule has 1 amide bonds. The highest BCUT2D eigenvalue weighted by Gasteiger charge is 2.33. The Labute approximate surface area is 239 Å². The first kappa shape index (κ1) is 27.1. The lowest BCUT2D eigenvalue weighted by atomic mass is 9.94. The molecular weight excluding hydrogens is 528 g/mol. The van der Waals surface area contributed by atoms with Crippen LogP contribution in [0.3, 0.4) is 0 Å². The van der Waals surface area contributed by atoms with Crippen LogP contribution in [0.4, 0.5) is 5.82 Å². The molecule has 10 heteroatoms. The zero-order valence-corrected chi connectivity index (χ0v) is 23.5. The van der Waals surface area contributed by atoms with Gasteiger partial charge in [0.15, 0.2) is 0 Å². The number of hydrogen-bond acceptors (Lipinski definition) is 6. The SMILES string of the molecule is O=C(c1c(-c2ccccc2)n(C2CCCCC2)c(=O)n1Cc1cc(Cl)nc(N2CC[C@H](O)C2)c1)N1CCNCC1. The van der Waals surface area contributed by atoms with Gasteiger partial charge in [-0.25, -0.2) is 9.78 Å². The summed E-state index contributed by atoms with van der Waals surface area (Å²) in [5.41, 5.74) is 2.67. The second kappa shape index (κ2) is 11.8. The lowest BCUT2D eigenvalue weighted by Crippen LogP contribution is -2.47. The van der Waals surface area contributed by atoms with Crippen molar-refractivity contribution >= 4 is 23.3 Å². The number of anilines is 1. The minimum absolute atomic E-state index is 0.0509. The van der Waals surface area contributed by atoms with Gasteiger partial charge < -0.3 is 20.2 Å². The molecule has 0 radical (unpaired) electrons. The van der Waals surface area contributed by atoms with Gasteiger partial charge in [0.05, 0.1) is 18.3 Å². The maximum absolute atomic E-state index is 14.4. The quantitative estimate of drug-likeness (QED) is 0.445. The number of aromatic nitrogens is 3. The van der Waals surface area contributed by atoms with Gasteiger partial charge in [0.25, 0.3) is 5.91 Å². The number of amides is 1. The largest absolute Gasteiger partial charge is 0.391 e. The van der Waals surface area contributed by atoms with Crippen LogP contribution in [0, 0.1) is 0 Å². The third-order valence-electron chi connectivity index (χ3n) is 8.43. The van der Waals surface area contributed by atoms with Crippen molar-refractivity contribution < 1.29 is 9.90 Å². The number of carbonyl (C=O) groups is 1. The molecule has 0 unspecified atom stereocenters. The maximum atomic E-state index is 14.4. The Bertz CT molecular complexity index is 1410. The predicted octanol–water partition coefficient (Wildman–Crippen LogP) is 3.54. The number of hydrogen-bond donors (Lipinski definition) is 2. The Morgan fingerprint density at radius 3 is 2.48 bits per heavy atom. The second-order valence-electron chi connectivity index (χ2n) is 11.2. The third-order valence-corrected chi connectivity index (χ3v) is 8.63. The van der Waals surface area contributed by atoms with Crippen LogP contribution in [0.5, 0.6) is 0 Å². The predicted molar refractivity (Wildman–Crippen MR) is 156 cm³/mol. The number of β-amino-alcohol motifs (C(OH)–C–C–N with tert-alkyl or cyclic N) is 1. The summed E-state index contributed by atoms with van der Waals surface area (Å²) >= 11 is 6.47. The molecule has 1 aromatic carbocycles. The van der Waals surface area contributed by atoms with Crippen LogP contribution >= 0.6 is 11.6 Å². The number of nitrogens with zero attached hydrogens (tertiary/aromatic N) is 5. The van der Waals surface area contributed by atoms with Crippen LogP contribution in [0.2, 0.25) is 5.15 Å². The Morgan fingerprint density at radius 1 is 1.02 bits per heavy atom. The van der Waals surface area contributed by atoms with E-state index in [4.69, 9.17) is 11.6 Å². The molecule has 0 spiro atoms. The minimum Gasteiger partial charge on any atom is -0.391 e. The summed E-state index contributed by atoms with van der Waals surface area (Å²) in [6.07, 6.45) is 5.44. The van der Waals surface area contributed by atoms with E-state index in [1.54, 1.807) is 10.6 Å². The molecule has 1 aliphatic carbocycles. The van der Waals surface area contributed by atoms with Crippen molar-refractivity contribution in [3.8, 4) is 11.3 Å². The number of rotatable bonds is 6. The van der Waals surface area contributed by atoms with E-state index < -0.39 is 6.10 Å². The van der Waals surface area contributed by atoms with E-state index in [2.05, 4.69) is 10.3 Å². The van der Waals surface area contributed by atoms with E-state index in [0.29, 0.717) is 55.0 Å². The molecule has 1 atom stereocenters. The first-order chi connectivity index (χ1) is 19.5. The van der Waals surface area contributed by atoms with E-state index in [9.17, 15) is 14.7 Å². The molecule has 3 aliphatic rings. The number of aliphatic hydroxyl groups excluding tert-OH is 1. The van der Waals surface area contributed by atoms with Gasteiger partial charge in [-0.15, -0.1) is 0 Å². The summed E-state index contributed by atoms with van der Waals surface area (Å²) in [6.45, 7) is 4.04. The Morgan fingerprint density at radius 2 is 1.77 bits per heavy atom. The van der Waals surface area contributed by atoms with Gasteiger partial charge >= 0.3 is 5.69 Å². The summed E-state index contributed by atoms with van der Waals surface area (Å²) in [6, 6.07) is 13.6. The van der Waals surface area contributed by atoms with Crippen molar-refractivity contribution in [3.05, 3.63) is 69.4 Å². The average molecular weight is 565 g/mol. The summed E-state index contributed by atoms with van der Waals surface area (Å²) in [5.74, 6) is 0.562. The van der Waals surface area contributed by atoms with Crippen molar-refractivity contribution in [2.45, 2.75) is 57.2 Å². The highest BCUT2D eigenvalue weighted by atomic mass is 35.5. The van der Waals surface area contributed by atoms with Crippen LogP contribution in [-0.2, 0) is 6.54 Å². The lowest BCUT2D eigenvalue weighted by molar-refractivity contribution is 0.0725. The molecular formula is C30H37ClN6O3. The molecule has 2 aromatic heterocycles. The molecule has 9 nitrogen and oxygen atoms in total. The van der Waals surface area contributed by atoms with Gasteiger partial charge in [0.1, 0.15) is 16.7 Å². The number of piperazine rings is 1. The molecule has 2 N–H and O–H groups in total. The van der Waals surface area contributed by atoms with Crippen molar-refractivity contribution in [3.63, 3.8) is 0 Å². The fourth-order valence-corrected chi connectivity index (χ4v) is 6.64. The van der Waals surface area contributed by atoms with Crippen molar-refractivity contribution in [2.75, 3.05) is 44.2 Å². The van der Waals surface area contributed by atoms with Crippen LogP contribution in [0.15, 0.2) is 47.3 Å². The maximum Gasteiger partial charge on any atom is 0.329 e. The van der Waals surface area contributed by atoms with Gasteiger partial charge in [-0.2, -0.15) is 0 Å². The zero-order valence-electron chi connectivity index (χ0n) is 22.8. The first-order valence-electron chi connectivity index (χ1n) is 14.5. The molecule has 0 bridgehead atoms. The molecule has 3 aromatic rings. The highest BCUT2D eigenvalue weighted by Crippen LogP contribution is 2.34. The summed E-state index contributed by atoms with van der Waals surface area (Å²) in [4.78, 5) is 37.0. The van der Waals surface area contributed by atoms with Crippen molar-refractivity contribution in [1.29, 1.82) is 0 Å². The second-order valence-corrected chi connectivity index (χ2v) is 11.6. The van der Waals surface area contributed by atoms with Gasteiger partial charge in [0.2, 0.25) is 0 Å². The fraction of sp³-hybridized carbons (Fsp3) is 0.500. The number of carbonyl (C=O) groups excluding carboxylic acids is 1. The number of halogens is 1. The van der Waals surface area contributed by atoms with E-state index in [1.807, 2.05) is 50.8 Å². The summed E-state index contributed by atoms with van der Waals surface area (Å²) in [5, 5.41) is 13.7. The molecule has 1 saturated carbocycles. The normalized spacial score (nSPS) is 20.3. The van der Waals surface area contributed by atoms with E-state index in [0.717, 1.165) is 49.9 Å². The monoisotopic (exact) mass is 564 g/mol. The van der Waals surface area contributed by atoms with Gasteiger partial charge in [0, 0.05) is 50.9 Å². The molecule has 40 heavy (non-hydrogen) atoms. The molecule has 2 saturated heterocycles. The standard InChI is InChI=1S/C30H37ClN6O3/c31-25-17-21(18-26(33-25)35-14-11-24(38)20-35)19-36-28(29(39)34-15-12-32-13-16-34)27(22-7-3-1-4-8-22)37(30(36)40)23-9-5-2-6-10-23/h1,3-4,7-8,17-18,23-24,32,38H,2,5-6,9-16,19-20H2/t24-/m0/s1. The minimum atomic E-state index is -0.395. The van der Waals surface area contributed by atoms with E-state index in [1.165, 1.54) is 6.42 Å². The van der Waals surface area contributed by atoms with Gasteiger partial charge in [-0.1, -0.05) is 61.2 Å². The molecule has 2 aliphatic heterocycles. The van der Waals surface area contributed by atoms with Crippen LogP contribution in [-0.4, -0.2) is 75.4 Å². The Kier molecular flexibility index (Phi) is 7.96. The molecule has 212 valence electrons. The van der Waals surface area contributed by atoms with E-state index in [-0.39, 0.29) is 24.2 Å². The number of pyridine rings is 1. The van der Waals surface area contributed by atoms with Crippen molar-refractivity contribution in [2.24, 2.45) is 0 Å². The van der Waals surface area contributed by atoms with Gasteiger partial charge in [-0.05, 0) is 37.0 Å². The zero-order chi connectivity index (χ0) is 27.6. The van der Waals surface area contributed by atoms with Crippen LogP contribution < -0.4 is 15.9 Å². The van der Waals surface area contributed by atoms with Gasteiger partial charge in [-0.3, -0.25) is 13.9 Å². The summed E-state index contributed by atoms with van der Waals surface area (Å²) < 4.78 is 3.57. The van der Waals surface area contributed by atoms with Crippen LogP contribution in [0.1, 0.15) is 60.6 Å². The van der Waals surface area contributed by atoms with Crippen molar-refractivity contribution in [1.82, 2.24) is 24.3 Å².